The van der Waals surface area contributed by atoms with Gasteiger partial charge in [0.1, 0.15) is 5.60 Å². The van der Waals surface area contributed by atoms with Gasteiger partial charge in [0.2, 0.25) is 0 Å². The van der Waals surface area contributed by atoms with Crippen molar-refractivity contribution < 1.29 is 9.53 Å². The second-order valence-corrected chi connectivity index (χ2v) is 6.17. The molecule has 0 unspecified atom stereocenters. The van der Waals surface area contributed by atoms with Crippen LogP contribution in [0.3, 0.4) is 0 Å². The predicted molar refractivity (Wildman–Crippen MR) is 82.4 cm³/mol. The van der Waals surface area contributed by atoms with E-state index < -0.39 is 11.7 Å². The number of hydrogen-bond donors (Lipinski definition) is 2. The zero-order valence-corrected chi connectivity index (χ0v) is 13.4. The summed E-state index contributed by atoms with van der Waals surface area (Å²) in [4.78, 5) is 11.4. The molecule has 0 aliphatic carbocycles. The zero-order valence-electron chi connectivity index (χ0n) is 11.9. The van der Waals surface area contributed by atoms with Crippen LogP contribution in [0.1, 0.15) is 26.3 Å². The van der Waals surface area contributed by atoms with Crippen molar-refractivity contribution in [2.24, 2.45) is 0 Å². The van der Waals surface area contributed by atoms with E-state index in [2.05, 4.69) is 10.6 Å². The number of carbonyl (C=O) groups excluding carboxylic acids is 1. The van der Waals surface area contributed by atoms with Gasteiger partial charge in [-0.25, -0.2) is 4.79 Å². The summed E-state index contributed by atoms with van der Waals surface area (Å²) in [5.41, 5.74) is 0.564. The highest BCUT2D eigenvalue weighted by Crippen LogP contribution is 2.22. The Bertz CT molecular complexity index is 459. The molecule has 1 aromatic rings. The maximum Gasteiger partial charge on any atom is 0.407 e. The quantitative estimate of drug-likeness (QED) is 0.815. The SMILES string of the molecule is CC(C)(C)OC(=O)NCCNCc1ccc(Cl)c(Cl)c1. The Balaban J connectivity index is 2.19. The average Bonchev–Trinajstić information content (AvgIpc) is 2.31. The van der Waals surface area contributed by atoms with Crippen LogP contribution in [0, 0.1) is 0 Å². The lowest BCUT2D eigenvalue weighted by Crippen LogP contribution is -2.36. The molecule has 1 amide bonds. The van der Waals surface area contributed by atoms with Gasteiger partial charge in [0.25, 0.3) is 0 Å². The van der Waals surface area contributed by atoms with E-state index >= 15 is 0 Å². The number of halogens is 2. The first-order valence-electron chi connectivity index (χ1n) is 6.39. The van der Waals surface area contributed by atoms with Crippen molar-refractivity contribution in [3.8, 4) is 0 Å². The van der Waals surface area contributed by atoms with Gasteiger partial charge >= 0.3 is 6.09 Å². The number of alkyl carbamates (subject to hydrolysis) is 1. The highest BCUT2D eigenvalue weighted by atomic mass is 35.5. The fourth-order valence-electron chi connectivity index (χ4n) is 1.45. The van der Waals surface area contributed by atoms with E-state index in [1.807, 2.05) is 32.9 Å². The van der Waals surface area contributed by atoms with Crippen molar-refractivity contribution in [3.05, 3.63) is 33.8 Å². The summed E-state index contributed by atoms with van der Waals surface area (Å²) >= 11 is 11.8. The fraction of sp³-hybridized carbons (Fsp3) is 0.500. The minimum atomic E-state index is -0.475. The first-order chi connectivity index (χ1) is 9.28. The molecule has 4 nitrogen and oxygen atoms in total. The van der Waals surface area contributed by atoms with Crippen molar-refractivity contribution in [1.82, 2.24) is 10.6 Å². The molecule has 0 aliphatic heterocycles. The molecule has 0 bridgehead atoms. The maximum absolute atomic E-state index is 11.4. The Kier molecular flexibility index (Phi) is 6.59. The molecule has 0 heterocycles. The smallest absolute Gasteiger partial charge is 0.407 e. The number of ether oxygens (including phenoxy) is 1. The monoisotopic (exact) mass is 318 g/mol. The Morgan fingerprint density at radius 3 is 2.50 bits per heavy atom. The minimum Gasteiger partial charge on any atom is -0.444 e. The largest absolute Gasteiger partial charge is 0.444 e. The first kappa shape index (κ1) is 17.1. The normalized spacial score (nSPS) is 11.2. The Labute approximate surface area is 129 Å². The molecule has 1 aromatic carbocycles. The highest BCUT2D eigenvalue weighted by molar-refractivity contribution is 6.42. The lowest BCUT2D eigenvalue weighted by molar-refractivity contribution is 0.0528. The van der Waals surface area contributed by atoms with E-state index in [0.717, 1.165) is 5.56 Å². The van der Waals surface area contributed by atoms with E-state index in [4.69, 9.17) is 27.9 Å². The topological polar surface area (TPSA) is 50.4 Å². The molecule has 0 spiro atoms. The van der Waals surface area contributed by atoms with Gasteiger partial charge in [-0.05, 0) is 38.5 Å². The lowest BCUT2D eigenvalue weighted by atomic mass is 10.2. The van der Waals surface area contributed by atoms with Crippen molar-refractivity contribution >= 4 is 29.3 Å². The van der Waals surface area contributed by atoms with E-state index in [9.17, 15) is 4.79 Å². The molecule has 0 saturated carbocycles. The summed E-state index contributed by atoms with van der Waals surface area (Å²) in [6.45, 7) is 7.28. The molecule has 0 saturated heterocycles. The van der Waals surface area contributed by atoms with Crippen LogP contribution in [0.2, 0.25) is 10.0 Å². The van der Waals surface area contributed by atoms with Crippen LogP contribution in [0.15, 0.2) is 18.2 Å². The number of rotatable bonds is 5. The van der Waals surface area contributed by atoms with Gasteiger partial charge in [-0.15, -0.1) is 0 Å². The molecule has 6 heteroatoms. The van der Waals surface area contributed by atoms with E-state index in [-0.39, 0.29) is 0 Å². The lowest BCUT2D eigenvalue weighted by Gasteiger charge is -2.19. The van der Waals surface area contributed by atoms with Gasteiger partial charge in [-0.1, -0.05) is 29.3 Å². The van der Waals surface area contributed by atoms with Crippen LogP contribution in [0.4, 0.5) is 4.79 Å². The summed E-state index contributed by atoms with van der Waals surface area (Å²) in [5.74, 6) is 0. The Morgan fingerprint density at radius 2 is 1.90 bits per heavy atom. The summed E-state index contributed by atoms with van der Waals surface area (Å²) in [7, 11) is 0. The number of hydrogen-bond acceptors (Lipinski definition) is 3. The second kappa shape index (κ2) is 7.72. The van der Waals surface area contributed by atoms with Crippen molar-refractivity contribution in [1.29, 1.82) is 0 Å². The number of carbonyl (C=O) groups is 1. The van der Waals surface area contributed by atoms with Gasteiger partial charge in [-0.3, -0.25) is 0 Å². The van der Waals surface area contributed by atoms with Gasteiger partial charge < -0.3 is 15.4 Å². The zero-order chi connectivity index (χ0) is 15.2. The Morgan fingerprint density at radius 1 is 1.20 bits per heavy atom. The molecule has 112 valence electrons. The number of benzene rings is 1. The summed E-state index contributed by atoms with van der Waals surface area (Å²) in [6.07, 6.45) is -0.408. The summed E-state index contributed by atoms with van der Waals surface area (Å²) in [6, 6.07) is 5.49. The van der Waals surface area contributed by atoms with E-state index in [1.165, 1.54) is 0 Å². The van der Waals surface area contributed by atoms with Gasteiger partial charge in [0, 0.05) is 19.6 Å². The van der Waals surface area contributed by atoms with Gasteiger partial charge in [-0.2, -0.15) is 0 Å². The number of nitrogens with one attached hydrogen (secondary N) is 2. The molecule has 0 fully saturated rings. The van der Waals surface area contributed by atoms with E-state index in [1.54, 1.807) is 6.07 Å². The third-order valence-corrected chi connectivity index (χ3v) is 3.02. The van der Waals surface area contributed by atoms with Crippen LogP contribution in [0.25, 0.3) is 0 Å². The van der Waals surface area contributed by atoms with Crippen LogP contribution in [0.5, 0.6) is 0 Å². The minimum absolute atomic E-state index is 0.408. The third-order valence-electron chi connectivity index (χ3n) is 2.28. The van der Waals surface area contributed by atoms with Gasteiger partial charge in [0.05, 0.1) is 10.0 Å². The van der Waals surface area contributed by atoms with Gasteiger partial charge in [0.15, 0.2) is 0 Å². The van der Waals surface area contributed by atoms with Crippen LogP contribution < -0.4 is 10.6 Å². The van der Waals surface area contributed by atoms with Crippen LogP contribution >= 0.6 is 23.2 Å². The fourth-order valence-corrected chi connectivity index (χ4v) is 1.77. The molecule has 0 atom stereocenters. The predicted octanol–water partition coefficient (Wildman–Crippen LogP) is 3.61. The molecule has 0 aliphatic rings. The maximum atomic E-state index is 11.4. The highest BCUT2D eigenvalue weighted by Gasteiger charge is 2.15. The van der Waals surface area contributed by atoms with Crippen molar-refractivity contribution in [2.45, 2.75) is 32.9 Å². The van der Waals surface area contributed by atoms with Crippen LogP contribution in [-0.2, 0) is 11.3 Å². The molecule has 1 rings (SSSR count). The second-order valence-electron chi connectivity index (χ2n) is 5.35. The van der Waals surface area contributed by atoms with Crippen LogP contribution in [-0.4, -0.2) is 24.8 Å². The average molecular weight is 319 g/mol. The molecule has 2 N–H and O–H groups in total. The first-order valence-corrected chi connectivity index (χ1v) is 7.15. The summed E-state index contributed by atoms with van der Waals surface area (Å²) in [5, 5.41) is 6.95. The molecule has 20 heavy (non-hydrogen) atoms. The Hall–Kier alpha value is -0.970. The molecule has 0 radical (unpaired) electrons. The summed E-state index contributed by atoms with van der Waals surface area (Å²) < 4.78 is 5.12. The van der Waals surface area contributed by atoms with Crippen molar-refractivity contribution in [3.63, 3.8) is 0 Å². The van der Waals surface area contributed by atoms with E-state index in [0.29, 0.717) is 29.7 Å². The third kappa shape index (κ3) is 6.98. The standard InChI is InChI=1S/C14H20Cl2N2O2/c1-14(2,3)20-13(19)18-7-6-17-9-10-4-5-11(15)12(16)8-10/h4-5,8,17H,6-7,9H2,1-3H3,(H,18,19). The van der Waals surface area contributed by atoms with Crippen molar-refractivity contribution in [2.75, 3.05) is 13.1 Å². The molecular formula is C14H20Cl2N2O2. The number of amides is 1. The molecular weight excluding hydrogens is 299 g/mol. The molecule has 0 aromatic heterocycles.